The van der Waals surface area contributed by atoms with E-state index < -0.39 is 0 Å². The molecule has 0 radical (unpaired) electrons. The van der Waals surface area contributed by atoms with Crippen molar-refractivity contribution in [3.63, 3.8) is 0 Å². The van der Waals surface area contributed by atoms with Gasteiger partial charge >= 0.3 is 0 Å². The molecule has 1 unspecified atom stereocenters. The topological polar surface area (TPSA) is 49.6 Å². The molecule has 0 aliphatic carbocycles. The minimum absolute atomic E-state index is 0.00204. The Hall–Kier alpha value is -1.71. The summed E-state index contributed by atoms with van der Waals surface area (Å²) in [7, 11) is 5.53. The van der Waals surface area contributed by atoms with Gasteiger partial charge in [-0.3, -0.25) is 4.79 Å². The quantitative estimate of drug-likeness (QED) is 0.831. The van der Waals surface area contributed by atoms with Crippen LogP contribution in [0.15, 0.2) is 18.2 Å². The van der Waals surface area contributed by atoms with E-state index in [-0.39, 0.29) is 5.91 Å². The molecular weight excluding hydrogens is 238 g/mol. The average molecular weight is 263 g/mol. The van der Waals surface area contributed by atoms with Crippen LogP contribution in [0.3, 0.4) is 0 Å². The van der Waals surface area contributed by atoms with Crippen molar-refractivity contribution in [3.05, 3.63) is 23.8 Å². The summed E-state index contributed by atoms with van der Waals surface area (Å²) in [5.74, 6) is -0.00204. The van der Waals surface area contributed by atoms with E-state index in [4.69, 9.17) is 5.73 Å². The molecule has 0 aromatic heterocycles. The SMILES string of the molecule is CCCC(C)N(C)c1cc(C(=O)N(C)C)ccc1N. The standard InChI is InChI=1S/C15H25N3O/c1-6-7-11(2)18(5)14-10-12(8-9-13(14)16)15(19)17(3)4/h8-11H,6-7,16H2,1-5H3. The van der Waals surface area contributed by atoms with Gasteiger partial charge in [-0.1, -0.05) is 13.3 Å². The van der Waals surface area contributed by atoms with Crippen LogP contribution < -0.4 is 10.6 Å². The van der Waals surface area contributed by atoms with Gasteiger partial charge in [0.2, 0.25) is 0 Å². The fraction of sp³-hybridized carbons (Fsp3) is 0.533. The van der Waals surface area contributed by atoms with E-state index in [1.54, 1.807) is 31.1 Å². The molecule has 1 atom stereocenters. The average Bonchev–Trinajstić information content (AvgIpc) is 2.37. The summed E-state index contributed by atoms with van der Waals surface area (Å²) in [4.78, 5) is 15.7. The third kappa shape index (κ3) is 3.63. The number of nitrogens with two attached hydrogens (primary N) is 1. The highest BCUT2D eigenvalue weighted by molar-refractivity contribution is 5.96. The highest BCUT2D eigenvalue weighted by Gasteiger charge is 2.15. The van der Waals surface area contributed by atoms with Crippen molar-refractivity contribution in [2.24, 2.45) is 0 Å². The molecular formula is C15H25N3O. The number of carbonyl (C=O) groups is 1. The second kappa shape index (κ2) is 6.45. The number of hydrogen-bond acceptors (Lipinski definition) is 3. The number of carbonyl (C=O) groups excluding carboxylic acids is 1. The lowest BCUT2D eigenvalue weighted by molar-refractivity contribution is 0.0827. The lowest BCUT2D eigenvalue weighted by Crippen LogP contribution is -2.30. The minimum Gasteiger partial charge on any atom is -0.397 e. The van der Waals surface area contributed by atoms with E-state index >= 15 is 0 Å². The smallest absolute Gasteiger partial charge is 0.253 e. The first-order valence-corrected chi connectivity index (χ1v) is 6.72. The molecule has 0 saturated carbocycles. The van der Waals surface area contributed by atoms with Crippen LogP contribution in [0.25, 0.3) is 0 Å². The van der Waals surface area contributed by atoms with Crippen LogP contribution >= 0.6 is 0 Å². The molecule has 1 rings (SSSR count). The molecule has 0 saturated heterocycles. The van der Waals surface area contributed by atoms with Crippen molar-refractivity contribution in [1.82, 2.24) is 4.90 Å². The third-order valence-electron chi connectivity index (χ3n) is 3.43. The molecule has 4 heteroatoms. The summed E-state index contributed by atoms with van der Waals surface area (Å²) in [5, 5.41) is 0. The van der Waals surface area contributed by atoms with Crippen LogP contribution in [0.1, 0.15) is 37.0 Å². The fourth-order valence-electron chi connectivity index (χ4n) is 2.09. The molecule has 0 heterocycles. The molecule has 19 heavy (non-hydrogen) atoms. The molecule has 1 aromatic rings. The van der Waals surface area contributed by atoms with E-state index in [0.29, 0.717) is 17.3 Å². The van der Waals surface area contributed by atoms with Gasteiger partial charge in [0.15, 0.2) is 0 Å². The number of rotatable bonds is 5. The summed E-state index contributed by atoms with van der Waals surface area (Å²) >= 11 is 0. The number of hydrogen-bond donors (Lipinski definition) is 1. The molecule has 0 aliphatic rings. The van der Waals surface area contributed by atoms with E-state index in [9.17, 15) is 4.79 Å². The monoisotopic (exact) mass is 263 g/mol. The van der Waals surface area contributed by atoms with Gasteiger partial charge in [-0.15, -0.1) is 0 Å². The van der Waals surface area contributed by atoms with Crippen molar-refractivity contribution < 1.29 is 4.79 Å². The Labute approximate surface area is 116 Å². The molecule has 2 N–H and O–H groups in total. The zero-order chi connectivity index (χ0) is 14.6. The van der Waals surface area contributed by atoms with Crippen molar-refractivity contribution in [2.75, 3.05) is 31.8 Å². The van der Waals surface area contributed by atoms with Gasteiger partial charge in [-0.25, -0.2) is 0 Å². The lowest BCUT2D eigenvalue weighted by atomic mass is 10.1. The largest absolute Gasteiger partial charge is 0.397 e. The number of amides is 1. The predicted octanol–water partition coefficient (Wildman–Crippen LogP) is 2.60. The van der Waals surface area contributed by atoms with E-state index in [2.05, 4.69) is 18.7 Å². The normalized spacial score (nSPS) is 12.1. The van der Waals surface area contributed by atoms with Crippen LogP contribution in [0.4, 0.5) is 11.4 Å². The van der Waals surface area contributed by atoms with E-state index in [0.717, 1.165) is 18.5 Å². The Morgan fingerprint density at radius 2 is 1.95 bits per heavy atom. The van der Waals surface area contributed by atoms with Crippen molar-refractivity contribution in [2.45, 2.75) is 32.7 Å². The maximum absolute atomic E-state index is 12.0. The minimum atomic E-state index is -0.00204. The number of nitrogens with zero attached hydrogens (tertiary/aromatic N) is 2. The first-order chi connectivity index (χ1) is 8.88. The molecule has 106 valence electrons. The van der Waals surface area contributed by atoms with Gasteiger partial charge < -0.3 is 15.5 Å². The predicted molar refractivity (Wildman–Crippen MR) is 81.6 cm³/mol. The molecule has 4 nitrogen and oxygen atoms in total. The van der Waals surface area contributed by atoms with Crippen molar-refractivity contribution in [1.29, 1.82) is 0 Å². The maximum atomic E-state index is 12.0. The van der Waals surface area contributed by atoms with E-state index in [1.165, 1.54) is 0 Å². The summed E-state index contributed by atoms with van der Waals surface area (Å²) in [6.45, 7) is 4.34. The highest BCUT2D eigenvalue weighted by atomic mass is 16.2. The van der Waals surface area contributed by atoms with Gasteiger partial charge in [0.1, 0.15) is 0 Å². The molecule has 1 amide bonds. The highest BCUT2D eigenvalue weighted by Crippen LogP contribution is 2.26. The Bertz CT molecular complexity index is 443. The maximum Gasteiger partial charge on any atom is 0.253 e. The number of nitrogen functional groups attached to an aromatic ring is 1. The number of benzene rings is 1. The van der Waals surface area contributed by atoms with Crippen molar-refractivity contribution in [3.8, 4) is 0 Å². The van der Waals surface area contributed by atoms with Gasteiger partial charge in [0.25, 0.3) is 5.91 Å². The molecule has 0 fully saturated rings. The van der Waals surface area contributed by atoms with Gasteiger partial charge in [0.05, 0.1) is 11.4 Å². The second-order valence-corrected chi connectivity index (χ2v) is 5.22. The molecule has 0 bridgehead atoms. The first-order valence-electron chi connectivity index (χ1n) is 6.72. The van der Waals surface area contributed by atoms with Crippen LogP contribution in [0.2, 0.25) is 0 Å². The van der Waals surface area contributed by atoms with E-state index in [1.807, 2.05) is 13.1 Å². The van der Waals surface area contributed by atoms with Gasteiger partial charge in [-0.2, -0.15) is 0 Å². The Balaban J connectivity index is 3.06. The zero-order valence-corrected chi connectivity index (χ0v) is 12.6. The molecule has 1 aromatic carbocycles. The Morgan fingerprint density at radius 1 is 1.32 bits per heavy atom. The summed E-state index contributed by atoms with van der Waals surface area (Å²) < 4.78 is 0. The third-order valence-corrected chi connectivity index (χ3v) is 3.43. The molecule has 0 aliphatic heterocycles. The van der Waals surface area contributed by atoms with Crippen LogP contribution in [0, 0.1) is 0 Å². The summed E-state index contributed by atoms with van der Waals surface area (Å²) in [5.41, 5.74) is 8.34. The molecule has 0 spiro atoms. The van der Waals surface area contributed by atoms with Crippen molar-refractivity contribution >= 4 is 17.3 Å². The zero-order valence-electron chi connectivity index (χ0n) is 12.6. The fourth-order valence-corrected chi connectivity index (χ4v) is 2.09. The van der Waals surface area contributed by atoms with Crippen LogP contribution in [-0.4, -0.2) is 38.0 Å². The Kier molecular flexibility index (Phi) is 5.21. The first kappa shape index (κ1) is 15.3. The lowest BCUT2D eigenvalue weighted by Gasteiger charge is -2.28. The van der Waals surface area contributed by atoms with Gasteiger partial charge in [0, 0.05) is 32.7 Å². The Morgan fingerprint density at radius 3 is 2.47 bits per heavy atom. The van der Waals surface area contributed by atoms with Crippen LogP contribution in [0.5, 0.6) is 0 Å². The second-order valence-electron chi connectivity index (χ2n) is 5.22. The summed E-state index contributed by atoms with van der Waals surface area (Å²) in [6.07, 6.45) is 2.23. The van der Waals surface area contributed by atoms with Gasteiger partial charge in [-0.05, 0) is 31.5 Å². The summed E-state index contributed by atoms with van der Waals surface area (Å²) in [6, 6.07) is 5.86. The van der Waals surface area contributed by atoms with Crippen LogP contribution in [-0.2, 0) is 0 Å². The number of anilines is 2.